The van der Waals surface area contributed by atoms with E-state index in [1.807, 2.05) is 11.8 Å². The summed E-state index contributed by atoms with van der Waals surface area (Å²) in [5.41, 5.74) is -2.43. The Balaban J connectivity index is 2.06. The monoisotopic (exact) mass is 574 g/mol. The highest BCUT2D eigenvalue weighted by Gasteiger charge is 2.79. The van der Waals surface area contributed by atoms with E-state index in [9.17, 15) is 19.5 Å². The number of esters is 1. The summed E-state index contributed by atoms with van der Waals surface area (Å²) in [6, 6.07) is -0.823. The average Bonchev–Trinajstić information content (AvgIpc) is 3.49. The summed E-state index contributed by atoms with van der Waals surface area (Å²) in [6.07, 6.45) is 9.55. The fourth-order valence-electron chi connectivity index (χ4n) is 7.98. The van der Waals surface area contributed by atoms with Gasteiger partial charge in [0.15, 0.2) is 0 Å². The number of nitrogens with zero attached hydrogens (tertiary/aromatic N) is 2. The van der Waals surface area contributed by atoms with Crippen LogP contribution in [0.4, 0.5) is 0 Å². The van der Waals surface area contributed by atoms with Gasteiger partial charge in [0.25, 0.3) is 0 Å². The summed E-state index contributed by atoms with van der Waals surface area (Å²) in [5, 5.41) is 9.20. The van der Waals surface area contributed by atoms with Gasteiger partial charge in [-0.3, -0.25) is 14.4 Å². The average molecular weight is 575 g/mol. The molecule has 0 aromatic rings. The minimum atomic E-state index is -1.07. The highest BCUT2D eigenvalue weighted by atomic mass is 16.6. The number of carbonyl (C=O) groups excluding carboxylic acids is 3. The van der Waals surface area contributed by atoms with E-state index in [1.165, 1.54) is 0 Å². The van der Waals surface area contributed by atoms with Crippen molar-refractivity contribution in [3.05, 3.63) is 25.3 Å². The number of likely N-dealkylation sites (tertiary alicyclic amines) is 1. The lowest BCUT2D eigenvalue weighted by Crippen LogP contribution is -2.61. The van der Waals surface area contributed by atoms with Crippen molar-refractivity contribution >= 4 is 17.8 Å². The molecule has 0 aromatic carbocycles. The molecule has 3 heterocycles. The van der Waals surface area contributed by atoms with Crippen molar-refractivity contribution in [3.63, 3.8) is 0 Å². The Labute approximate surface area is 247 Å². The molecule has 3 saturated heterocycles. The number of aliphatic hydroxyl groups excluding tert-OH is 1. The molecule has 3 fully saturated rings. The first-order valence-electron chi connectivity index (χ1n) is 15.6. The number of aliphatic hydroxyl groups is 1. The van der Waals surface area contributed by atoms with E-state index in [0.29, 0.717) is 51.6 Å². The van der Waals surface area contributed by atoms with E-state index in [-0.39, 0.29) is 30.4 Å². The smallest absolute Gasteiger partial charge is 0.312 e. The lowest BCUT2D eigenvalue weighted by atomic mass is 9.65. The highest BCUT2D eigenvalue weighted by molar-refractivity contribution is 5.98. The Morgan fingerprint density at radius 3 is 2.39 bits per heavy atom. The van der Waals surface area contributed by atoms with Gasteiger partial charge in [0.05, 0.1) is 18.1 Å². The van der Waals surface area contributed by atoms with Gasteiger partial charge >= 0.3 is 5.97 Å². The molecule has 0 saturated carbocycles. The third kappa shape index (κ3) is 6.43. The number of hydrogen-bond donors (Lipinski definition) is 1. The second-order valence-electron chi connectivity index (χ2n) is 14.0. The van der Waals surface area contributed by atoms with Gasteiger partial charge in [0, 0.05) is 25.2 Å². The van der Waals surface area contributed by atoms with Gasteiger partial charge in [-0.15, -0.1) is 13.2 Å². The van der Waals surface area contributed by atoms with E-state index < -0.39 is 40.6 Å². The topological polar surface area (TPSA) is 96.4 Å². The molecule has 8 heteroatoms. The van der Waals surface area contributed by atoms with Crippen molar-refractivity contribution in [1.29, 1.82) is 0 Å². The number of rotatable bonds is 16. The van der Waals surface area contributed by atoms with Gasteiger partial charge in [-0.25, -0.2) is 0 Å². The Hall–Kier alpha value is -2.19. The molecule has 3 rings (SSSR count). The van der Waals surface area contributed by atoms with Gasteiger partial charge in [-0.2, -0.15) is 0 Å². The zero-order valence-corrected chi connectivity index (χ0v) is 26.4. The quantitative estimate of drug-likeness (QED) is 0.158. The third-order valence-electron chi connectivity index (χ3n) is 9.31. The summed E-state index contributed by atoms with van der Waals surface area (Å²) < 4.78 is 12.5. The molecule has 2 bridgehead atoms. The van der Waals surface area contributed by atoms with E-state index in [1.54, 1.807) is 17.1 Å². The molecule has 5 atom stereocenters. The molecule has 3 aliphatic heterocycles. The molecule has 0 radical (unpaired) electrons. The van der Waals surface area contributed by atoms with Crippen LogP contribution in [-0.4, -0.2) is 81.8 Å². The Morgan fingerprint density at radius 1 is 1.12 bits per heavy atom. The molecule has 1 N–H and O–H groups in total. The van der Waals surface area contributed by atoms with Gasteiger partial charge in [-0.05, 0) is 64.2 Å². The third-order valence-corrected chi connectivity index (χ3v) is 9.31. The zero-order chi connectivity index (χ0) is 30.6. The molecule has 0 aliphatic carbocycles. The summed E-state index contributed by atoms with van der Waals surface area (Å²) >= 11 is 0. The fourth-order valence-corrected chi connectivity index (χ4v) is 7.98. The largest absolute Gasteiger partial charge is 0.465 e. The predicted molar refractivity (Wildman–Crippen MR) is 160 cm³/mol. The van der Waals surface area contributed by atoms with Crippen molar-refractivity contribution < 1.29 is 29.0 Å². The lowest BCUT2D eigenvalue weighted by molar-refractivity contribution is -0.163. The van der Waals surface area contributed by atoms with Crippen LogP contribution in [-0.2, 0) is 23.9 Å². The maximum atomic E-state index is 14.8. The lowest BCUT2D eigenvalue weighted by Gasteiger charge is -2.45. The van der Waals surface area contributed by atoms with Crippen molar-refractivity contribution in [2.24, 2.45) is 17.3 Å². The molecule has 41 heavy (non-hydrogen) atoms. The van der Waals surface area contributed by atoms with E-state index >= 15 is 0 Å². The first-order valence-corrected chi connectivity index (χ1v) is 15.6. The van der Waals surface area contributed by atoms with Crippen molar-refractivity contribution in [1.82, 2.24) is 9.80 Å². The summed E-state index contributed by atoms with van der Waals surface area (Å²) in [5.74, 6) is -2.24. The van der Waals surface area contributed by atoms with Crippen LogP contribution in [0.1, 0.15) is 99.3 Å². The standard InChI is InChI=1S/C33H54N2O6/c1-9-12-22-40-29(39)25-24-27(37)34(20-15-13-14-16-21-36)26(33(24)18-17-32(25,11-3)41-33)28(38)35(19-10-2)31(7,8)23-30(4,5)6/h9-10,24-26,36H,1-2,11-23H2,3-8H3/t24-,25+,26?,32-,33?/m0/s1. The summed E-state index contributed by atoms with van der Waals surface area (Å²) in [7, 11) is 0. The van der Waals surface area contributed by atoms with Crippen LogP contribution in [0.3, 0.4) is 0 Å². The van der Waals surface area contributed by atoms with Crippen LogP contribution in [0.15, 0.2) is 25.3 Å². The van der Waals surface area contributed by atoms with Crippen LogP contribution >= 0.6 is 0 Å². The van der Waals surface area contributed by atoms with Gasteiger partial charge in [0.2, 0.25) is 11.8 Å². The molecule has 232 valence electrons. The number of amides is 2. The molecule has 8 nitrogen and oxygen atoms in total. The van der Waals surface area contributed by atoms with Crippen molar-refractivity contribution in [3.8, 4) is 0 Å². The Bertz CT molecular complexity index is 987. The molecule has 1 spiro atoms. The number of fused-ring (bicyclic) bond motifs is 1. The minimum absolute atomic E-state index is 0.0310. The number of carbonyl (C=O) groups is 3. The van der Waals surface area contributed by atoms with E-state index in [0.717, 1.165) is 19.3 Å². The fraction of sp³-hybridized carbons (Fsp3) is 0.788. The van der Waals surface area contributed by atoms with E-state index in [2.05, 4.69) is 47.8 Å². The van der Waals surface area contributed by atoms with Crippen LogP contribution in [0.2, 0.25) is 0 Å². The molecule has 0 aromatic heterocycles. The van der Waals surface area contributed by atoms with Crippen LogP contribution < -0.4 is 0 Å². The van der Waals surface area contributed by atoms with Crippen LogP contribution in [0.25, 0.3) is 0 Å². The number of ether oxygens (including phenoxy) is 2. The maximum Gasteiger partial charge on any atom is 0.312 e. The van der Waals surface area contributed by atoms with Gasteiger partial charge in [0.1, 0.15) is 17.6 Å². The first kappa shape index (κ1) is 33.3. The summed E-state index contributed by atoms with van der Waals surface area (Å²) in [6.45, 7) is 21.4. The first-order chi connectivity index (χ1) is 19.2. The molecule has 3 aliphatic rings. The highest BCUT2D eigenvalue weighted by Crippen LogP contribution is 2.64. The molecular weight excluding hydrogens is 520 g/mol. The van der Waals surface area contributed by atoms with E-state index in [4.69, 9.17) is 9.47 Å². The number of hydrogen-bond acceptors (Lipinski definition) is 6. The van der Waals surface area contributed by atoms with Crippen LogP contribution in [0, 0.1) is 17.3 Å². The zero-order valence-electron chi connectivity index (χ0n) is 26.4. The maximum absolute atomic E-state index is 14.8. The predicted octanol–water partition coefficient (Wildman–Crippen LogP) is 5.04. The van der Waals surface area contributed by atoms with Crippen molar-refractivity contribution in [2.75, 3.05) is 26.3 Å². The minimum Gasteiger partial charge on any atom is -0.465 e. The Morgan fingerprint density at radius 2 is 1.80 bits per heavy atom. The molecule has 2 amide bonds. The molecule has 2 unspecified atom stereocenters. The molecular formula is C33H54N2O6. The summed E-state index contributed by atoms with van der Waals surface area (Å²) in [4.78, 5) is 46.3. The second-order valence-corrected chi connectivity index (χ2v) is 14.0. The van der Waals surface area contributed by atoms with Gasteiger partial charge < -0.3 is 24.4 Å². The van der Waals surface area contributed by atoms with Crippen LogP contribution in [0.5, 0.6) is 0 Å². The normalized spacial score (nSPS) is 29.0. The second kappa shape index (κ2) is 13.0. The Kier molecular flexibility index (Phi) is 10.6. The van der Waals surface area contributed by atoms with Crippen molar-refractivity contribution in [2.45, 2.75) is 122 Å². The van der Waals surface area contributed by atoms with Gasteiger partial charge in [-0.1, -0.05) is 52.7 Å². The number of unbranched alkanes of at least 4 members (excludes halogenated alkanes) is 3. The SMILES string of the molecule is C=CCCOC(=O)[C@H]1[C@H]2C(=O)N(CCCCCCO)C(C(=O)N(CC=C)C(C)(C)CC(C)(C)C)C23CC[C@]1(CC)O3.